The first-order chi connectivity index (χ1) is 25.2. The Morgan fingerprint density at radius 1 is 0.769 bits per heavy atom. The number of benzene rings is 1. The number of guanidine groups is 2. The second-order valence-electron chi connectivity index (χ2n) is 13.7. The van der Waals surface area contributed by atoms with Crippen LogP contribution in [0.4, 0.5) is 11.4 Å². The van der Waals surface area contributed by atoms with Crippen LogP contribution >= 0.6 is 0 Å². The van der Waals surface area contributed by atoms with Crippen molar-refractivity contribution < 1.29 is 28.6 Å². The number of carbonyl (C=O) groups excluding carboxylic acids is 2. The van der Waals surface area contributed by atoms with Crippen LogP contribution in [0.3, 0.4) is 0 Å². The molecule has 52 heavy (non-hydrogen) atoms. The number of hydrogen-bond acceptors (Lipinski definition) is 12. The van der Waals surface area contributed by atoms with E-state index in [1.54, 1.807) is 6.07 Å². The summed E-state index contributed by atoms with van der Waals surface area (Å²) < 4.78 is 17.5. The summed E-state index contributed by atoms with van der Waals surface area (Å²) in [6.45, 7) is 1.74. The fourth-order valence-corrected chi connectivity index (χ4v) is 7.90. The van der Waals surface area contributed by atoms with Gasteiger partial charge in [0.2, 0.25) is 17.3 Å². The summed E-state index contributed by atoms with van der Waals surface area (Å²) in [5.41, 5.74) is 22.7. The molecule has 1 aromatic carbocycles. The van der Waals surface area contributed by atoms with Gasteiger partial charge in [-0.05, 0) is 42.1 Å². The van der Waals surface area contributed by atoms with Gasteiger partial charge >= 0.3 is 5.69 Å². The van der Waals surface area contributed by atoms with E-state index >= 15 is 0 Å². The molecule has 2 amide bonds. The van der Waals surface area contributed by atoms with Crippen molar-refractivity contribution >= 4 is 46.1 Å². The number of unbranched alkanes of at least 4 members (excludes halogenated alkanes) is 8. The Labute approximate surface area is 301 Å². The number of rotatable bonds is 22. The van der Waals surface area contributed by atoms with Crippen molar-refractivity contribution in [2.45, 2.75) is 89.1 Å². The zero-order valence-electron chi connectivity index (χ0n) is 29.4. The topological polar surface area (TPSA) is 300 Å². The summed E-state index contributed by atoms with van der Waals surface area (Å²) in [5.74, 6) is -1.88. The van der Waals surface area contributed by atoms with E-state index in [2.05, 4.69) is 36.2 Å². The number of nitro benzene ring substituents is 1. The molecule has 2 saturated carbocycles. The number of nitro groups is 1. The lowest BCUT2D eigenvalue weighted by Gasteiger charge is -2.34. The minimum atomic E-state index is -0.551. The standard InChI is InChI=1S/C33H52N12O7/c34-32(35)41-16-14-39-30(46)24-19-18-20(25(24)31(47)40-15-17-42-33(36)37)29-28(19)50-23(51-29)10-8-6-4-2-1-3-5-7-9-13-38-21-11-12-22(45(48)49)27-26(21)43-52-44-27/h11-12,19-20,23-25,28-29,38H,1-10,13-18H2,(H,39,46)(H,40,47)(H4,34,35,41)(H4,36,37,42)/t19-,20+,23?,24-,25-,28-,29+/m1/s1. The third-order valence-corrected chi connectivity index (χ3v) is 10.2. The number of non-ortho nitro benzene ring substituents is 1. The van der Waals surface area contributed by atoms with Gasteiger partial charge in [0.05, 0.1) is 47.7 Å². The van der Waals surface area contributed by atoms with Crippen molar-refractivity contribution in [2.24, 2.45) is 56.6 Å². The molecular formula is C33H52N12O7. The van der Waals surface area contributed by atoms with E-state index in [1.165, 1.54) is 25.3 Å². The van der Waals surface area contributed by atoms with Gasteiger partial charge in [0.25, 0.3) is 0 Å². The summed E-state index contributed by atoms with van der Waals surface area (Å²) in [7, 11) is 0. The number of aliphatic imine (C=N–C) groups is 2. The van der Waals surface area contributed by atoms with Crippen LogP contribution in [-0.2, 0) is 19.1 Å². The minimum absolute atomic E-state index is 0.0492. The van der Waals surface area contributed by atoms with E-state index in [9.17, 15) is 19.7 Å². The van der Waals surface area contributed by atoms with Crippen molar-refractivity contribution in [3.05, 3.63) is 22.2 Å². The average molecular weight is 729 g/mol. The number of nitrogens with zero attached hydrogens (tertiary/aromatic N) is 5. The molecule has 3 fully saturated rings. The van der Waals surface area contributed by atoms with Crippen molar-refractivity contribution in [1.82, 2.24) is 20.9 Å². The van der Waals surface area contributed by atoms with E-state index in [0.717, 1.165) is 51.5 Å². The largest absolute Gasteiger partial charge is 0.383 e. The third-order valence-electron chi connectivity index (χ3n) is 10.2. The first kappa shape index (κ1) is 38.5. The monoisotopic (exact) mass is 728 g/mol. The molecule has 2 aromatic rings. The second kappa shape index (κ2) is 18.6. The van der Waals surface area contributed by atoms with Gasteiger partial charge in [0.1, 0.15) is 0 Å². The van der Waals surface area contributed by atoms with E-state index < -0.39 is 16.8 Å². The second-order valence-corrected chi connectivity index (χ2v) is 13.7. The first-order valence-electron chi connectivity index (χ1n) is 18.3. The number of amides is 2. The van der Waals surface area contributed by atoms with Gasteiger partial charge in [-0.25, -0.2) is 4.63 Å². The van der Waals surface area contributed by atoms with E-state index in [-0.39, 0.29) is 91.5 Å². The molecule has 3 aliphatic rings. The number of aromatic nitrogens is 2. The highest BCUT2D eigenvalue weighted by atomic mass is 16.7. The van der Waals surface area contributed by atoms with Gasteiger partial charge in [-0.1, -0.05) is 44.9 Å². The number of carbonyl (C=O) groups is 2. The lowest BCUT2D eigenvalue weighted by atomic mass is 9.75. The lowest BCUT2D eigenvalue weighted by molar-refractivity contribution is -0.383. The molecule has 2 heterocycles. The predicted octanol–water partition coefficient (Wildman–Crippen LogP) is 1.22. The molecule has 286 valence electrons. The maximum Gasteiger partial charge on any atom is 0.300 e. The highest BCUT2D eigenvalue weighted by molar-refractivity contribution is 5.93. The van der Waals surface area contributed by atoms with Crippen molar-refractivity contribution in [3.63, 3.8) is 0 Å². The zero-order chi connectivity index (χ0) is 37.0. The SMILES string of the molecule is NC(N)=NCCNC(=O)[C@@H]1[C@@H]2C[C@@H]([C@H]3OC(CCCCCCCCCCCNc4ccc([N+](=O)[O-])c5nonc45)O[C@@H]23)[C@H]1C(=O)NCCN=C(N)N. The van der Waals surface area contributed by atoms with Gasteiger partial charge in [0.15, 0.2) is 23.7 Å². The molecule has 11 N–H and O–H groups in total. The van der Waals surface area contributed by atoms with Crippen molar-refractivity contribution in [2.75, 3.05) is 38.0 Å². The van der Waals surface area contributed by atoms with E-state index in [4.69, 9.17) is 37.0 Å². The molecule has 0 radical (unpaired) electrons. The fourth-order valence-electron chi connectivity index (χ4n) is 7.90. The number of ether oxygens (including phenoxy) is 2. The molecule has 1 saturated heterocycles. The van der Waals surface area contributed by atoms with Gasteiger partial charge < -0.3 is 48.4 Å². The molecule has 0 spiro atoms. The average Bonchev–Trinajstić information content (AvgIpc) is 3.90. The van der Waals surface area contributed by atoms with Crippen LogP contribution < -0.4 is 38.9 Å². The Balaban J connectivity index is 0.968. The lowest BCUT2D eigenvalue weighted by Crippen LogP contribution is -2.52. The Morgan fingerprint density at radius 3 is 1.83 bits per heavy atom. The number of anilines is 1. The summed E-state index contributed by atoms with van der Waals surface area (Å²) in [4.78, 5) is 45.3. The maximum absolute atomic E-state index is 13.4. The van der Waals surface area contributed by atoms with Crippen LogP contribution in [-0.4, -0.2) is 90.2 Å². The van der Waals surface area contributed by atoms with Gasteiger partial charge in [-0.2, -0.15) is 0 Å². The van der Waals surface area contributed by atoms with Gasteiger partial charge in [-0.15, -0.1) is 0 Å². The molecule has 19 heteroatoms. The van der Waals surface area contributed by atoms with E-state index in [0.29, 0.717) is 17.6 Å². The maximum atomic E-state index is 13.4. The predicted molar refractivity (Wildman–Crippen MR) is 193 cm³/mol. The summed E-state index contributed by atoms with van der Waals surface area (Å²) in [5, 5.41) is 27.7. The van der Waals surface area contributed by atoms with Crippen molar-refractivity contribution in [1.29, 1.82) is 0 Å². The van der Waals surface area contributed by atoms with E-state index in [1.807, 2.05) is 0 Å². The van der Waals surface area contributed by atoms with Crippen LogP contribution in [0.5, 0.6) is 0 Å². The summed E-state index contributed by atoms with van der Waals surface area (Å²) in [6.07, 6.45) is 10.6. The molecule has 1 aliphatic heterocycles. The van der Waals surface area contributed by atoms with Crippen LogP contribution in [0.25, 0.3) is 11.0 Å². The number of nitrogens with two attached hydrogens (primary N) is 4. The molecule has 7 atom stereocenters. The third kappa shape index (κ3) is 9.75. The number of nitrogens with one attached hydrogen (secondary N) is 3. The molecule has 2 aliphatic carbocycles. The van der Waals surface area contributed by atoms with Crippen molar-refractivity contribution in [3.8, 4) is 0 Å². The Hall–Kier alpha value is -4.78. The molecule has 1 aromatic heterocycles. The molecule has 5 rings (SSSR count). The first-order valence-corrected chi connectivity index (χ1v) is 18.3. The van der Waals surface area contributed by atoms with Gasteiger partial charge in [0, 0.05) is 37.5 Å². The quantitative estimate of drug-likeness (QED) is 0.0295. The molecule has 1 unspecified atom stereocenters. The highest BCUT2D eigenvalue weighted by Gasteiger charge is 2.66. The zero-order valence-corrected chi connectivity index (χ0v) is 29.4. The Morgan fingerprint density at radius 2 is 1.29 bits per heavy atom. The normalized spacial score (nSPS) is 24.3. The Bertz CT molecular complexity index is 1520. The van der Waals surface area contributed by atoms with Crippen LogP contribution in [0.2, 0.25) is 0 Å². The van der Waals surface area contributed by atoms with Crippen LogP contribution in [0.15, 0.2) is 26.7 Å². The fraction of sp³-hybridized carbons (Fsp3) is 0.697. The summed E-state index contributed by atoms with van der Waals surface area (Å²) in [6, 6.07) is 3.05. The van der Waals surface area contributed by atoms with Gasteiger partial charge in [-0.3, -0.25) is 29.7 Å². The Kier molecular flexibility index (Phi) is 13.8. The highest BCUT2D eigenvalue weighted by Crippen LogP contribution is 2.57. The summed E-state index contributed by atoms with van der Waals surface area (Å²) >= 11 is 0. The molecule has 2 bridgehead atoms. The molecule has 19 nitrogen and oxygen atoms in total. The van der Waals surface area contributed by atoms with Crippen LogP contribution in [0.1, 0.15) is 70.6 Å². The minimum Gasteiger partial charge on any atom is -0.383 e. The molecular weight excluding hydrogens is 676 g/mol. The smallest absolute Gasteiger partial charge is 0.300 e. The van der Waals surface area contributed by atoms with Crippen LogP contribution in [0, 0.1) is 33.8 Å². The number of hydrogen-bond donors (Lipinski definition) is 7. The number of fused-ring (bicyclic) bond motifs is 6.